The van der Waals surface area contributed by atoms with E-state index in [9.17, 15) is 14.9 Å². The summed E-state index contributed by atoms with van der Waals surface area (Å²) < 4.78 is 11.0. The highest BCUT2D eigenvalue weighted by Gasteiger charge is 2.34. The molecular formula is C19H15N5O5S. The number of aliphatic imine (C=N–C) groups is 1. The molecule has 0 unspecified atom stereocenters. The number of nitro groups is 1. The number of thioether (sulfide) groups is 1. The number of furan rings is 1. The number of nitro benzene ring substituents is 1. The topological polar surface area (TPSA) is 134 Å². The summed E-state index contributed by atoms with van der Waals surface area (Å²) in [6.07, 6.45) is 1.38. The quantitative estimate of drug-likeness (QED) is 0.436. The second-order valence-electron chi connectivity index (χ2n) is 6.21. The van der Waals surface area contributed by atoms with Crippen LogP contribution in [0.25, 0.3) is 17.4 Å². The zero-order valence-electron chi connectivity index (χ0n) is 15.9. The van der Waals surface area contributed by atoms with E-state index in [4.69, 9.17) is 14.6 Å². The van der Waals surface area contributed by atoms with Crippen LogP contribution in [0.2, 0.25) is 0 Å². The van der Waals surface area contributed by atoms with Gasteiger partial charge in [0.2, 0.25) is 5.17 Å². The molecule has 0 saturated heterocycles. The van der Waals surface area contributed by atoms with Crippen LogP contribution < -0.4 is 4.74 Å². The lowest BCUT2D eigenvalue weighted by Gasteiger charge is -2.19. The highest BCUT2D eigenvalue weighted by atomic mass is 32.2. The summed E-state index contributed by atoms with van der Waals surface area (Å²) in [4.78, 5) is 27.3. The molecule has 1 aromatic carbocycles. The minimum absolute atomic E-state index is 0.0138. The van der Waals surface area contributed by atoms with E-state index < -0.39 is 10.8 Å². The van der Waals surface area contributed by atoms with Crippen molar-refractivity contribution in [1.82, 2.24) is 5.01 Å². The molecule has 0 atom stereocenters. The number of hydrogen-bond donors (Lipinski definition) is 1. The molecule has 0 fully saturated rings. The van der Waals surface area contributed by atoms with Crippen molar-refractivity contribution in [3.63, 3.8) is 0 Å². The Hall–Kier alpha value is -3.73. The fourth-order valence-electron chi connectivity index (χ4n) is 2.93. The summed E-state index contributed by atoms with van der Waals surface area (Å²) in [5.74, 6) is 0.206. The molecule has 0 aliphatic carbocycles. The Morgan fingerprint density at radius 1 is 1.37 bits per heavy atom. The summed E-state index contributed by atoms with van der Waals surface area (Å²) in [6, 6.07) is 7.63. The first kappa shape index (κ1) is 19.6. The molecule has 0 radical (unpaired) electrons. The summed E-state index contributed by atoms with van der Waals surface area (Å²) in [5.41, 5.74) is 0.124. The second-order valence-corrected chi connectivity index (χ2v) is 7.37. The number of hydrazone groups is 1. The molecule has 3 heterocycles. The van der Waals surface area contributed by atoms with Crippen molar-refractivity contribution in [2.45, 2.75) is 13.8 Å². The van der Waals surface area contributed by atoms with Crippen LogP contribution in [0.15, 0.2) is 50.4 Å². The van der Waals surface area contributed by atoms with Gasteiger partial charge in [-0.15, -0.1) is 0 Å². The molecule has 2 aromatic rings. The van der Waals surface area contributed by atoms with Crippen molar-refractivity contribution in [2.24, 2.45) is 10.1 Å². The van der Waals surface area contributed by atoms with Gasteiger partial charge in [0.1, 0.15) is 17.3 Å². The summed E-state index contributed by atoms with van der Waals surface area (Å²) >= 11 is 1.22. The first-order valence-electron chi connectivity index (χ1n) is 8.85. The molecular weight excluding hydrogens is 410 g/mol. The lowest BCUT2D eigenvalue weighted by atomic mass is 10.1. The number of carbonyl (C=O) groups is 1. The molecule has 30 heavy (non-hydrogen) atoms. The molecule has 0 spiro atoms. The lowest BCUT2D eigenvalue weighted by molar-refractivity contribution is -0.384. The van der Waals surface area contributed by atoms with Gasteiger partial charge in [0.15, 0.2) is 5.84 Å². The number of hydrogen-bond acceptors (Lipinski definition) is 8. The first-order valence-corrected chi connectivity index (χ1v) is 9.67. The van der Waals surface area contributed by atoms with Crippen LogP contribution >= 0.6 is 11.8 Å². The predicted molar refractivity (Wildman–Crippen MR) is 113 cm³/mol. The van der Waals surface area contributed by atoms with Crippen molar-refractivity contribution in [1.29, 1.82) is 5.41 Å². The second kappa shape index (κ2) is 7.59. The minimum Gasteiger partial charge on any atom is -0.494 e. The molecule has 10 nitrogen and oxygen atoms in total. The third kappa shape index (κ3) is 3.50. The zero-order valence-corrected chi connectivity index (χ0v) is 16.7. The van der Waals surface area contributed by atoms with Gasteiger partial charge in [-0.3, -0.25) is 20.3 Å². The van der Waals surface area contributed by atoms with Crippen molar-refractivity contribution < 1.29 is 18.9 Å². The maximum atomic E-state index is 12.3. The minimum atomic E-state index is -0.575. The van der Waals surface area contributed by atoms with Gasteiger partial charge in [-0.2, -0.15) is 15.1 Å². The van der Waals surface area contributed by atoms with Crippen molar-refractivity contribution in [3.05, 3.63) is 51.8 Å². The normalized spacial score (nSPS) is 17.1. The number of benzene rings is 1. The largest absolute Gasteiger partial charge is 0.494 e. The Morgan fingerprint density at radius 2 is 2.17 bits per heavy atom. The van der Waals surface area contributed by atoms with Gasteiger partial charge >= 0.3 is 0 Å². The maximum Gasteiger partial charge on any atom is 0.284 e. The van der Waals surface area contributed by atoms with Gasteiger partial charge in [0, 0.05) is 0 Å². The van der Waals surface area contributed by atoms with E-state index >= 15 is 0 Å². The molecule has 1 aromatic heterocycles. The van der Waals surface area contributed by atoms with Gasteiger partial charge in [-0.25, -0.2) is 0 Å². The summed E-state index contributed by atoms with van der Waals surface area (Å²) in [6.45, 7) is 3.93. The van der Waals surface area contributed by atoms with Crippen LogP contribution in [0.1, 0.15) is 19.6 Å². The highest BCUT2D eigenvalue weighted by Crippen LogP contribution is 2.35. The molecule has 2 aliphatic heterocycles. The number of ether oxygens (including phenoxy) is 1. The average molecular weight is 425 g/mol. The molecule has 1 amide bonds. The fraction of sp³-hybridized carbons (Fsp3) is 0.158. The number of carbonyl (C=O) groups excluding carboxylic acids is 1. The van der Waals surface area contributed by atoms with Crippen LogP contribution in [-0.4, -0.2) is 38.5 Å². The molecule has 0 bridgehead atoms. The first-order chi connectivity index (χ1) is 14.4. The average Bonchev–Trinajstić information content (AvgIpc) is 3.31. The van der Waals surface area contributed by atoms with Gasteiger partial charge in [-0.05, 0) is 56.0 Å². The fourth-order valence-corrected chi connectivity index (χ4v) is 3.67. The summed E-state index contributed by atoms with van der Waals surface area (Å²) in [7, 11) is 0. The van der Waals surface area contributed by atoms with Crippen LogP contribution in [0.4, 0.5) is 5.69 Å². The van der Waals surface area contributed by atoms with Crippen molar-refractivity contribution in [3.8, 4) is 17.1 Å². The maximum absolute atomic E-state index is 12.3. The number of amides is 1. The van der Waals surface area contributed by atoms with E-state index in [1.54, 1.807) is 38.1 Å². The van der Waals surface area contributed by atoms with Gasteiger partial charge in [0.05, 0.1) is 33.8 Å². The number of fused-ring (bicyclic) bond motifs is 1. The van der Waals surface area contributed by atoms with Crippen LogP contribution in [0.3, 0.4) is 0 Å². The smallest absolute Gasteiger partial charge is 0.284 e. The Morgan fingerprint density at radius 3 is 2.90 bits per heavy atom. The van der Waals surface area contributed by atoms with Crippen LogP contribution in [0, 0.1) is 15.5 Å². The Balaban J connectivity index is 1.68. The van der Waals surface area contributed by atoms with Gasteiger partial charge < -0.3 is 9.15 Å². The lowest BCUT2D eigenvalue weighted by Crippen LogP contribution is -2.35. The van der Waals surface area contributed by atoms with E-state index in [1.165, 1.54) is 28.9 Å². The Bertz CT molecular complexity index is 1180. The van der Waals surface area contributed by atoms with E-state index in [0.29, 0.717) is 22.6 Å². The Labute approximate surface area is 174 Å². The molecule has 4 rings (SSSR count). The monoisotopic (exact) mass is 425 g/mol. The van der Waals surface area contributed by atoms with Crippen molar-refractivity contribution >= 4 is 45.5 Å². The molecule has 2 aliphatic rings. The summed E-state index contributed by atoms with van der Waals surface area (Å²) in [5, 5.41) is 26.2. The zero-order chi connectivity index (χ0) is 21.4. The third-order valence-electron chi connectivity index (χ3n) is 4.21. The molecule has 1 N–H and O–H groups in total. The number of nitrogens with zero attached hydrogens (tertiary/aromatic N) is 4. The number of rotatable bonds is 5. The van der Waals surface area contributed by atoms with E-state index in [0.717, 1.165) is 0 Å². The molecule has 11 heteroatoms. The number of amidine groups is 2. The Kier molecular flexibility index (Phi) is 4.96. The highest BCUT2D eigenvalue weighted by molar-refractivity contribution is 8.26. The molecule has 152 valence electrons. The molecule has 0 saturated carbocycles. The third-order valence-corrected chi connectivity index (χ3v) is 5.04. The standard InChI is InChI=1S/C19H15N5O5S/c1-3-28-11-4-6-13(15(9-11)24(26)27)16-7-5-12(29-16)8-14-17(20)23-19(21-18(14)25)30-10(2)22-23/h4-9,20H,3H2,1-2H3/b14-8-,20-17?. The van der Waals surface area contributed by atoms with E-state index in [-0.39, 0.29) is 34.2 Å². The van der Waals surface area contributed by atoms with Crippen LogP contribution in [0.5, 0.6) is 5.75 Å². The SMILES string of the molecule is CCOc1ccc(-c2ccc(/C=C3/C(=N)N4N=C(C)SC4=NC3=O)o2)c([N+](=O)[O-])c1. The van der Waals surface area contributed by atoms with E-state index in [1.807, 2.05) is 0 Å². The predicted octanol–water partition coefficient (Wildman–Crippen LogP) is 3.89. The van der Waals surface area contributed by atoms with Gasteiger partial charge in [-0.1, -0.05) is 0 Å². The number of nitrogens with one attached hydrogen (secondary N) is 1. The van der Waals surface area contributed by atoms with E-state index in [2.05, 4.69) is 10.1 Å². The van der Waals surface area contributed by atoms with Crippen LogP contribution in [-0.2, 0) is 4.79 Å². The van der Waals surface area contributed by atoms with Gasteiger partial charge in [0.25, 0.3) is 11.6 Å². The van der Waals surface area contributed by atoms with Crippen molar-refractivity contribution in [2.75, 3.05) is 6.61 Å².